The Labute approximate surface area is 142 Å². The molecule has 1 N–H and O–H groups in total. The minimum atomic E-state index is -0.217. The number of hydrogen-bond donors (Lipinski definition) is 1. The van der Waals surface area contributed by atoms with Gasteiger partial charge in [-0.05, 0) is 36.4 Å². The summed E-state index contributed by atoms with van der Waals surface area (Å²) in [7, 11) is 0. The van der Waals surface area contributed by atoms with Crippen LogP contribution in [0.1, 0.15) is 16.2 Å². The van der Waals surface area contributed by atoms with Gasteiger partial charge in [0.2, 0.25) is 19.4 Å². The molecule has 5 rings (SSSR count). The van der Waals surface area contributed by atoms with E-state index in [1.165, 1.54) is 0 Å². The number of carbonyl (C=O) groups is 1. The molecule has 1 aromatic heterocycles. The summed E-state index contributed by atoms with van der Waals surface area (Å²) in [5, 5.41) is 0. The van der Waals surface area contributed by atoms with E-state index in [9.17, 15) is 4.79 Å². The zero-order valence-corrected chi connectivity index (χ0v) is 12.9. The molecule has 3 heterocycles. The van der Waals surface area contributed by atoms with Crippen molar-refractivity contribution < 1.29 is 23.7 Å². The predicted octanol–water partition coefficient (Wildman–Crippen LogP) is 2.77. The van der Waals surface area contributed by atoms with Crippen LogP contribution >= 0.6 is 0 Å². The summed E-state index contributed by atoms with van der Waals surface area (Å²) in [5.41, 5.74) is 2.07. The van der Waals surface area contributed by atoms with E-state index >= 15 is 0 Å². The van der Waals surface area contributed by atoms with Crippen LogP contribution < -0.4 is 18.9 Å². The quantitative estimate of drug-likeness (QED) is 0.741. The molecule has 0 saturated heterocycles. The molecular weight excluding hydrogens is 324 g/mol. The molecule has 124 valence electrons. The lowest BCUT2D eigenvalue weighted by atomic mass is 10.1. The summed E-state index contributed by atoms with van der Waals surface area (Å²) in [5.74, 6) is 2.62. The number of fused-ring (bicyclic) bond motifs is 2. The smallest absolute Gasteiger partial charge is 0.231 e. The largest absolute Gasteiger partial charge is 0.454 e. The molecule has 0 spiro atoms. The van der Waals surface area contributed by atoms with Gasteiger partial charge in [-0.3, -0.25) is 4.79 Å². The molecule has 3 aromatic rings. The number of nitrogens with one attached hydrogen (secondary N) is 1. The molecule has 0 fully saturated rings. The monoisotopic (exact) mass is 336 g/mol. The number of rotatable bonds is 3. The first-order valence-corrected chi connectivity index (χ1v) is 7.67. The minimum Gasteiger partial charge on any atom is -0.454 e. The third-order valence-electron chi connectivity index (χ3n) is 4.11. The molecule has 0 aliphatic carbocycles. The molecule has 7 nitrogen and oxygen atoms in total. The Balaban J connectivity index is 1.45. The molecule has 0 atom stereocenters. The average Bonchev–Trinajstić information content (AvgIpc) is 3.39. The van der Waals surface area contributed by atoms with E-state index in [-0.39, 0.29) is 25.2 Å². The number of ether oxygens (including phenoxy) is 4. The zero-order chi connectivity index (χ0) is 16.8. The SMILES string of the molecule is O=C(c1ccc2c(c1)OCO2)c1ncc(-c2ccc3c(c2)OCO3)[nH]1. The predicted molar refractivity (Wildman–Crippen MR) is 86.1 cm³/mol. The molecule has 0 amide bonds. The molecular formula is C18H12N2O5. The Morgan fingerprint density at radius 3 is 2.36 bits per heavy atom. The van der Waals surface area contributed by atoms with E-state index in [2.05, 4.69) is 9.97 Å². The van der Waals surface area contributed by atoms with Crippen LogP contribution in [0.4, 0.5) is 0 Å². The van der Waals surface area contributed by atoms with E-state index < -0.39 is 0 Å². The average molecular weight is 336 g/mol. The van der Waals surface area contributed by atoms with Crippen molar-refractivity contribution in [1.82, 2.24) is 9.97 Å². The number of imidazole rings is 1. The molecule has 0 saturated carbocycles. The second-order valence-electron chi connectivity index (χ2n) is 5.61. The van der Waals surface area contributed by atoms with Crippen LogP contribution in [0.5, 0.6) is 23.0 Å². The van der Waals surface area contributed by atoms with Crippen LogP contribution in [0.2, 0.25) is 0 Å². The van der Waals surface area contributed by atoms with Gasteiger partial charge in [0.15, 0.2) is 28.8 Å². The maximum Gasteiger partial charge on any atom is 0.231 e. The van der Waals surface area contributed by atoms with Gasteiger partial charge in [0.1, 0.15) is 0 Å². The maximum atomic E-state index is 12.6. The first-order chi connectivity index (χ1) is 12.3. The number of aromatic nitrogens is 2. The van der Waals surface area contributed by atoms with E-state index in [1.807, 2.05) is 18.2 Å². The standard InChI is InChI=1S/C18H12N2O5/c21-17(11-2-4-14-16(6-11)25-9-23-14)18-19-7-12(20-18)10-1-3-13-15(5-10)24-8-22-13/h1-7H,8-9H2,(H,19,20). The van der Waals surface area contributed by atoms with Crippen molar-refractivity contribution in [3.63, 3.8) is 0 Å². The second kappa shape index (κ2) is 5.27. The third-order valence-corrected chi connectivity index (χ3v) is 4.11. The summed E-state index contributed by atoms with van der Waals surface area (Å²) in [6.45, 7) is 0.387. The van der Waals surface area contributed by atoms with Crippen LogP contribution in [-0.4, -0.2) is 29.3 Å². The van der Waals surface area contributed by atoms with Gasteiger partial charge in [0.25, 0.3) is 0 Å². The van der Waals surface area contributed by atoms with Crippen molar-refractivity contribution in [3.05, 3.63) is 54.0 Å². The summed E-state index contributed by atoms with van der Waals surface area (Å²) < 4.78 is 21.3. The van der Waals surface area contributed by atoms with Crippen molar-refractivity contribution in [1.29, 1.82) is 0 Å². The van der Waals surface area contributed by atoms with Crippen molar-refractivity contribution in [2.75, 3.05) is 13.6 Å². The van der Waals surface area contributed by atoms with Crippen molar-refractivity contribution >= 4 is 5.78 Å². The van der Waals surface area contributed by atoms with E-state index in [4.69, 9.17) is 18.9 Å². The van der Waals surface area contributed by atoms with Crippen LogP contribution in [-0.2, 0) is 0 Å². The Hall–Kier alpha value is -3.48. The Morgan fingerprint density at radius 2 is 1.56 bits per heavy atom. The molecule has 2 aliphatic rings. The topological polar surface area (TPSA) is 82.7 Å². The van der Waals surface area contributed by atoms with Gasteiger partial charge >= 0.3 is 0 Å². The van der Waals surface area contributed by atoms with Gasteiger partial charge in [-0.2, -0.15) is 0 Å². The zero-order valence-electron chi connectivity index (χ0n) is 12.9. The lowest BCUT2D eigenvalue weighted by molar-refractivity contribution is 0.103. The summed E-state index contributed by atoms with van der Waals surface area (Å²) in [6.07, 6.45) is 1.62. The lowest BCUT2D eigenvalue weighted by Gasteiger charge is -2.01. The molecule has 2 aliphatic heterocycles. The van der Waals surface area contributed by atoms with Crippen molar-refractivity contribution in [2.45, 2.75) is 0 Å². The van der Waals surface area contributed by atoms with Gasteiger partial charge in [-0.15, -0.1) is 0 Å². The molecule has 0 bridgehead atoms. The number of ketones is 1. The summed E-state index contributed by atoms with van der Waals surface area (Å²) >= 11 is 0. The van der Waals surface area contributed by atoms with Crippen LogP contribution in [0.25, 0.3) is 11.3 Å². The van der Waals surface area contributed by atoms with E-state index in [1.54, 1.807) is 24.4 Å². The highest BCUT2D eigenvalue weighted by molar-refractivity contribution is 6.07. The molecule has 2 aromatic carbocycles. The van der Waals surface area contributed by atoms with Gasteiger partial charge in [-0.1, -0.05) is 0 Å². The van der Waals surface area contributed by atoms with Crippen molar-refractivity contribution in [3.8, 4) is 34.3 Å². The number of aromatic amines is 1. The minimum absolute atomic E-state index is 0.169. The molecule has 0 unspecified atom stereocenters. The van der Waals surface area contributed by atoms with Crippen LogP contribution in [0.3, 0.4) is 0 Å². The van der Waals surface area contributed by atoms with Gasteiger partial charge < -0.3 is 23.9 Å². The van der Waals surface area contributed by atoms with E-state index in [0.717, 1.165) is 11.3 Å². The fourth-order valence-electron chi connectivity index (χ4n) is 2.82. The highest BCUT2D eigenvalue weighted by atomic mass is 16.7. The van der Waals surface area contributed by atoms with Crippen molar-refractivity contribution in [2.24, 2.45) is 0 Å². The molecule has 7 heteroatoms. The summed E-state index contributed by atoms with van der Waals surface area (Å²) in [6, 6.07) is 10.6. The highest BCUT2D eigenvalue weighted by Crippen LogP contribution is 2.36. The number of benzene rings is 2. The van der Waals surface area contributed by atoms with E-state index in [0.29, 0.717) is 28.6 Å². The van der Waals surface area contributed by atoms with Gasteiger partial charge in [0.05, 0.1) is 11.9 Å². The number of H-pyrrole nitrogens is 1. The maximum absolute atomic E-state index is 12.6. The number of nitrogens with zero attached hydrogens (tertiary/aromatic N) is 1. The Morgan fingerprint density at radius 1 is 0.880 bits per heavy atom. The normalized spacial score (nSPS) is 13.9. The van der Waals surface area contributed by atoms with Gasteiger partial charge in [0, 0.05) is 11.1 Å². The second-order valence-corrected chi connectivity index (χ2v) is 5.61. The van der Waals surface area contributed by atoms with Crippen LogP contribution in [0.15, 0.2) is 42.6 Å². The third kappa shape index (κ3) is 2.28. The Bertz CT molecular complexity index is 995. The fourth-order valence-corrected chi connectivity index (χ4v) is 2.82. The summed E-state index contributed by atoms with van der Waals surface area (Å²) in [4.78, 5) is 19.9. The Kier molecular flexibility index (Phi) is 2.93. The first kappa shape index (κ1) is 13.9. The highest BCUT2D eigenvalue weighted by Gasteiger charge is 2.20. The van der Waals surface area contributed by atoms with Crippen LogP contribution in [0, 0.1) is 0 Å². The molecule has 0 radical (unpaired) electrons. The first-order valence-electron chi connectivity index (χ1n) is 7.67. The lowest BCUT2D eigenvalue weighted by Crippen LogP contribution is -2.03. The van der Waals surface area contributed by atoms with Gasteiger partial charge in [-0.25, -0.2) is 4.98 Å². The molecule has 25 heavy (non-hydrogen) atoms. The number of hydrogen-bond acceptors (Lipinski definition) is 6. The fraction of sp³-hybridized carbons (Fsp3) is 0.111. The number of carbonyl (C=O) groups excluding carboxylic acids is 1.